The molecule has 0 radical (unpaired) electrons. The lowest BCUT2D eigenvalue weighted by atomic mass is 9.82. The van der Waals surface area contributed by atoms with Crippen molar-refractivity contribution in [3.63, 3.8) is 0 Å². The molecular weight excluding hydrogens is 1360 g/mol. The Morgan fingerprint density at radius 3 is 0.781 bits per heavy atom. The average molecular weight is 1460 g/mol. The van der Waals surface area contributed by atoms with Crippen LogP contribution in [0.15, 0.2) is 152 Å². The van der Waals surface area contributed by atoms with Gasteiger partial charge in [0.05, 0.1) is 53.8 Å². The molecule has 0 atom stereocenters. The zero-order chi connectivity index (χ0) is 74.0. The number of nitrogens with two attached hydrogens (primary N) is 5. The number of aromatic nitrogens is 10. The van der Waals surface area contributed by atoms with Crippen molar-refractivity contribution in [2.75, 3.05) is 42.9 Å². The number of benzene rings is 5. The Kier molecular flexibility index (Phi) is 25.8. The normalized spacial score (nSPS) is 15.4. The molecule has 24 heteroatoms. The molecule has 0 saturated heterocycles. The predicted molar refractivity (Wildman–Crippen MR) is 402 cm³/mol. The van der Waals surface area contributed by atoms with E-state index in [-0.39, 0.29) is 11.9 Å². The summed E-state index contributed by atoms with van der Waals surface area (Å²) in [6.07, 6.45) is 17.5. The Bertz CT molecular complexity index is 4470. The molecule has 5 aromatic carbocycles. The maximum atomic E-state index is 12.9. The molecule has 17 nitrogen and oxygen atoms in total. The van der Waals surface area contributed by atoms with Crippen LogP contribution in [0.2, 0.25) is 5.02 Å². The smallest absolute Gasteiger partial charge is 0.416 e. The lowest BCUT2D eigenvalue weighted by molar-refractivity contribution is -0.138. The van der Waals surface area contributed by atoms with Gasteiger partial charge in [0.15, 0.2) is 0 Å². The number of nitrogen functional groups attached to an aromatic ring is 5. The van der Waals surface area contributed by atoms with Crippen LogP contribution in [0.3, 0.4) is 0 Å². The fraction of sp³-hybridized carbons (Fsp3) is 0.383. The molecule has 0 bridgehead atoms. The largest absolute Gasteiger partial charge is 0.497 e. The van der Waals surface area contributed by atoms with Crippen molar-refractivity contribution in [3.8, 4) is 67.8 Å². The van der Waals surface area contributed by atoms with Crippen molar-refractivity contribution in [3.05, 3.63) is 196 Å². The Hall–Kier alpha value is -10.0. The van der Waals surface area contributed by atoms with Crippen LogP contribution in [-0.2, 0) is 44.5 Å². The van der Waals surface area contributed by atoms with E-state index in [9.17, 15) is 26.3 Å². The summed E-state index contributed by atoms with van der Waals surface area (Å²) in [6, 6.07) is 43.3. The number of anilines is 5. The number of ether oxygens (including phenoxy) is 2. The van der Waals surface area contributed by atoms with Gasteiger partial charge in [-0.15, -0.1) is 0 Å². The standard InChI is InChI=1S/C17H18F3N3.C17H21N3O.C16H16F3N3.C16H19N3O.C15H16ClN3/c18-17(19,20)13-7-3-6-12(9-13)15-10-14(22-16(21)23-15)8-11-4-1-2-5-11;1-21-15-8-6-13(7-9-15)16-11-14(19-17(18)20-16)10-12-4-2-3-5-12;17-16(18,19)12-6-2-5-11(8-12)14-9-13(21-15(20)22-14)7-10-3-1-4-10;1-20-14-7-5-12(6-8-14)15-10-13(18-16(17)19-15)9-11-3-2-4-11;16-12-6-4-11(5-7-12)14-9-13(18-15(17)19-14)8-10-2-1-3-10/h3,6-7,9-11H,1-2,4-5,8H2,(H2,21,22,23);6-9,11-12H,2-5,10H2,1H3,(H2,18,19,20);2,5-6,8-10H,1,3-4,7H2,(H2,20,21,22);5-8,10-11H,2-4,9H2,1H3,(H2,17,18,19);4-7,9-10H,1-3,8H2,(H2,17,18,19). The number of methoxy groups -OCH3 is 2. The molecule has 105 heavy (non-hydrogen) atoms. The molecule has 5 heterocycles. The SMILES string of the molecule is COc1ccc(-c2cc(CC3CCC3)nc(N)n2)cc1.COc1ccc(-c2cc(CC3CCCC3)nc(N)n2)cc1.Nc1nc(CC2CCC2)cc(-c2ccc(Cl)cc2)n1.Nc1nc(CC2CCC2)cc(-c2cccc(C(F)(F)F)c2)n1.Nc1nc(CC2CCCC2)cc(-c2cccc(C(F)(F)F)c2)n1. The summed E-state index contributed by atoms with van der Waals surface area (Å²) in [5.74, 6) is 6.42. The number of rotatable bonds is 17. The van der Waals surface area contributed by atoms with Crippen molar-refractivity contribution in [2.24, 2.45) is 29.6 Å². The third kappa shape index (κ3) is 22.5. The Balaban J connectivity index is 0.000000131. The second kappa shape index (κ2) is 35.6. The molecule has 0 amide bonds. The van der Waals surface area contributed by atoms with Gasteiger partial charge in [0, 0.05) is 61.3 Å². The fourth-order valence-corrected chi connectivity index (χ4v) is 13.8. The fourth-order valence-electron chi connectivity index (χ4n) is 13.7. The van der Waals surface area contributed by atoms with Crippen LogP contribution in [0.5, 0.6) is 11.5 Å². The summed E-state index contributed by atoms with van der Waals surface area (Å²) in [5, 5.41) is 0.723. The third-order valence-electron chi connectivity index (χ3n) is 20.0. The predicted octanol–water partition coefficient (Wildman–Crippen LogP) is 18.8. The van der Waals surface area contributed by atoms with Crippen LogP contribution in [0, 0.1) is 29.6 Å². The van der Waals surface area contributed by atoms with Gasteiger partial charge in [0.1, 0.15) is 11.5 Å². The highest BCUT2D eigenvalue weighted by molar-refractivity contribution is 6.30. The summed E-state index contributed by atoms with van der Waals surface area (Å²) in [6.45, 7) is 0. The molecule has 10 N–H and O–H groups in total. The van der Waals surface area contributed by atoms with E-state index in [4.69, 9.17) is 49.7 Å². The van der Waals surface area contributed by atoms with E-state index < -0.39 is 23.5 Å². The van der Waals surface area contributed by atoms with E-state index in [1.807, 2.05) is 78.9 Å². The lowest BCUT2D eigenvalue weighted by Gasteiger charge is -2.24. The van der Waals surface area contributed by atoms with Gasteiger partial charge in [0.2, 0.25) is 29.7 Å². The molecule has 0 spiro atoms. The first-order valence-electron chi connectivity index (χ1n) is 36.1. The van der Waals surface area contributed by atoms with E-state index in [1.165, 1.54) is 121 Å². The van der Waals surface area contributed by atoms with Gasteiger partial charge >= 0.3 is 12.4 Å². The first kappa shape index (κ1) is 76.1. The zero-order valence-corrected chi connectivity index (χ0v) is 60.0. The molecule has 0 unspecified atom stereocenters. The Labute approximate surface area is 614 Å². The van der Waals surface area contributed by atoms with Gasteiger partial charge in [0.25, 0.3) is 0 Å². The Morgan fingerprint density at radius 2 is 0.552 bits per heavy atom. The summed E-state index contributed by atoms with van der Waals surface area (Å²) in [7, 11) is 3.33. The highest BCUT2D eigenvalue weighted by Crippen LogP contribution is 2.38. The molecule has 5 aromatic heterocycles. The second-order valence-corrected chi connectivity index (χ2v) is 28.3. The van der Waals surface area contributed by atoms with E-state index in [0.29, 0.717) is 52.2 Å². The van der Waals surface area contributed by atoms with E-state index >= 15 is 0 Å². The van der Waals surface area contributed by atoms with Gasteiger partial charge in [-0.1, -0.05) is 157 Å². The highest BCUT2D eigenvalue weighted by Gasteiger charge is 2.32. The molecule has 5 aliphatic rings. The summed E-state index contributed by atoms with van der Waals surface area (Å²) < 4.78 is 87.3. The van der Waals surface area contributed by atoms with Crippen LogP contribution in [-0.4, -0.2) is 64.1 Å². The van der Waals surface area contributed by atoms with Crippen LogP contribution in [0.25, 0.3) is 56.3 Å². The average Bonchev–Trinajstić information content (AvgIpc) is 1.18. The van der Waals surface area contributed by atoms with Gasteiger partial charge in [-0.25, -0.2) is 49.8 Å². The minimum atomic E-state index is -4.37. The second-order valence-electron chi connectivity index (χ2n) is 27.8. The van der Waals surface area contributed by atoms with E-state index in [1.54, 1.807) is 38.5 Å². The van der Waals surface area contributed by atoms with Crippen molar-refractivity contribution in [2.45, 2.75) is 154 Å². The van der Waals surface area contributed by atoms with Gasteiger partial charge in [-0.2, -0.15) is 26.3 Å². The number of halogens is 7. The molecule has 5 aliphatic carbocycles. The minimum Gasteiger partial charge on any atom is -0.497 e. The molecule has 10 aromatic rings. The summed E-state index contributed by atoms with van der Waals surface area (Å²) >= 11 is 5.90. The number of hydrogen-bond acceptors (Lipinski definition) is 17. The monoisotopic (exact) mass is 1450 g/mol. The van der Waals surface area contributed by atoms with Crippen molar-refractivity contribution in [1.82, 2.24) is 49.8 Å². The molecule has 0 aliphatic heterocycles. The molecule has 550 valence electrons. The highest BCUT2D eigenvalue weighted by atomic mass is 35.5. The summed E-state index contributed by atoms with van der Waals surface area (Å²) in [4.78, 5) is 42.7. The maximum Gasteiger partial charge on any atom is 0.416 e. The van der Waals surface area contributed by atoms with Crippen LogP contribution in [0.1, 0.15) is 149 Å². The number of nitrogens with zero attached hydrogens (tertiary/aromatic N) is 10. The molecular formula is C81H90ClF6N15O2. The zero-order valence-electron chi connectivity index (χ0n) is 59.2. The van der Waals surface area contributed by atoms with Gasteiger partial charge in [-0.05, 0) is 177 Å². The van der Waals surface area contributed by atoms with E-state index in [0.717, 1.165) is 153 Å². The molecule has 15 rings (SSSR count). The van der Waals surface area contributed by atoms with Crippen molar-refractivity contribution < 1.29 is 35.8 Å². The summed E-state index contributed by atoms with van der Waals surface area (Å²) in [5.41, 5.74) is 39.8. The maximum absolute atomic E-state index is 12.9. The van der Waals surface area contributed by atoms with Crippen molar-refractivity contribution >= 4 is 41.3 Å². The quantitative estimate of drug-likeness (QED) is 0.0530. The van der Waals surface area contributed by atoms with Crippen LogP contribution < -0.4 is 38.1 Å². The minimum absolute atomic E-state index is 0.101. The van der Waals surface area contributed by atoms with Gasteiger partial charge in [-0.3, -0.25) is 0 Å². The third-order valence-corrected chi connectivity index (χ3v) is 20.2. The number of alkyl halides is 6. The lowest BCUT2D eigenvalue weighted by Crippen LogP contribution is -2.15. The van der Waals surface area contributed by atoms with Crippen molar-refractivity contribution in [1.29, 1.82) is 0 Å². The van der Waals surface area contributed by atoms with Gasteiger partial charge < -0.3 is 38.1 Å². The van der Waals surface area contributed by atoms with E-state index in [2.05, 4.69) is 62.0 Å². The van der Waals surface area contributed by atoms with Crippen LogP contribution >= 0.6 is 11.6 Å². The van der Waals surface area contributed by atoms with Crippen LogP contribution in [0.4, 0.5) is 56.1 Å². The molecule has 5 fully saturated rings. The first-order chi connectivity index (χ1) is 50.5. The Morgan fingerprint density at radius 1 is 0.314 bits per heavy atom. The first-order valence-corrected chi connectivity index (χ1v) is 36.5. The topological polar surface area (TPSA) is 277 Å². The number of hydrogen-bond donors (Lipinski definition) is 5. The molecule has 5 saturated carbocycles.